The lowest BCUT2D eigenvalue weighted by Crippen LogP contribution is -2.47. The van der Waals surface area contributed by atoms with Crippen molar-refractivity contribution in [1.82, 2.24) is 14.3 Å². The van der Waals surface area contributed by atoms with Gasteiger partial charge < -0.3 is 4.90 Å². The third-order valence-corrected chi connectivity index (χ3v) is 8.55. The Morgan fingerprint density at radius 2 is 1.59 bits per heavy atom. The van der Waals surface area contributed by atoms with Crippen LogP contribution in [0, 0.1) is 18.3 Å². The Morgan fingerprint density at radius 1 is 0.872 bits per heavy atom. The van der Waals surface area contributed by atoms with Crippen LogP contribution in [0.15, 0.2) is 66.7 Å². The molecular weight excluding hydrogens is 549 g/mol. The third-order valence-electron chi connectivity index (χ3n) is 7.56. The van der Waals surface area contributed by atoms with Crippen LogP contribution in [0.2, 0.25) is 15.1 Å². The van der Waals surface area contributed by atoms with E-state index in [1.165, 1.54) is 0 Å². The number of nitrogens with zero attached hydrogens (tertiary/aromatic N) is 5. The summed E-state index contributed by atoms with van der Waals surface area (Å²) in [5.74, 6) is 1.11. The fourth-order valence-electron chi connectivity index (χ4n) is 5.53. The van der Waals surface area contributed by atoms with Crippen LogP contribution < -0.4 is 4.90 Å². The smallest absolute Gasteiger partial charge is 0.157 e. The molecule has 0 spiro atoms. The fraction of sp³-hybridized carbons (Fsp3) is 0.226. The molecule has 1 fully saturated rings. The molecule has 5 aromatic rings. The average Bonchev–Trinajstić information content (AvgIpc) is 3.32. The number of aromatic nitrogens is 2. The molecule has 0 radical (unpaired) electrons. The second kappa shape index (κ2) is 10.7. The molecular formula is C31H26Cl3N5. The van der Waals surface area contributed by atoms with E-state index in [0.29, 0.717) is 32.7 Å². The Bertz CT molecular complexity index is 1730. The lowest BCUT2D eigenvalue weighted by Gasteiger charge is -2.38. The number of nitriles is 1. The van der Waals surface area contributed by atoms with Crippen molar-refractivity contribution < 1.29 is 0 Å². The van der Waals surface area contributed by atoms with Crippen LogP contribution in [0.25, 0.3) is 16.7 Å². The Balaban J connectivity index is 1.42. The molecule has 39 heavy (non-hydrogen) atoms. The number of fused-ring (bicyclic) bond motifs is 3. The maximum absolute atomic E-state index is 10.2. The highest BCUT2D eigenvalue weighted by Gasteiger charge is 2.27. The van der Waals surface area contributed by atoms with Gasteiger partial charge in [-0.1, -0.05) is 65.1 Å². The summed E-state index contributed by atoms with van der Waals surface area (Å²) >= 11 is 18.6. The number of halogens is 3. The van der Waals surface area contributed by atoms with E-state index in [0.717, 1.165) is 71.8 Å². The number of imidazole rings is 1. The van der Waals surface area contributed by atoms with E-state index in [2.05, 4.69) is 38.5 Å². The largest absolute Gasteiger partial charge is 0.355 e. The predicted octanol–water partition coefficient (Wildman–Crippen LogP) is 7.54. The minimum atomic E-state index is 0.575. The second-order valence-corrected chi connectivity index (χ2v) is 11.2. The van der Waals surface area contributed by atoms with Gasteiger partial charge in [0, 0.05) is 49.7 Å². The fourth-order valence-corrected chi connectivity index (χ4v) is 5.97. The van der Waals surface area contributed by atoms with Crippen molar-refractivity contribution in [3.8, 4) is 6.07 Å². The second-order valence-electron chi connectivity index (χ2n) is 9.99. The maximum atomic E-state index is 10.2. The van der Waals surface area contributed by atoms with E-state index < -0.39 is 0 Å². The van der Waals surface area contributed by atoms with Gasteiger partial charge in [0.2, 0.25) is 0 Å². The minimum Gasteiger partial charge on any atom is -0.355 e. The molecule has 0 atom stereocenters. The molecule has 1 saturated heterocycles. The Hall–Kier alpha value is -3.27. The molecule has 0 bridgehead atoms. The molecule has 3 aromatic carbocycles. The molecule has 196 valence electrons. The van der Waals surface area contributed by atoms with Crippen LogP contribution >= 0.6 is 34.8 Å². The Kier molecular flexibility index (Phi) is 7.14. The lowest BCUT2D eigenvalue weighted by molar-refractivity contribution is 0.249. The van der Waals surface area contributed by atoms with Crippen molar-refractivity contribution in [3.05, 3.63) is 110 Å². The van der Waals surface area contributed by atoms with Crippen molar-refractivity contribution in [2.75, 3.05) is 31.1 Å². The first-order valence-electron chi connectivity index (χ1n) is 12.9. The lowest BCUT2D eigenvalue weighted by atomic mass is 9.97. The molecule has 1 aliphatic heterocycles. The van der Waals surface area contributed by atoms with Crippen molar-refractivity contribution in [3.63, 3.8) is 0 Å². The van der Waals surface area contributed by atoms with E-state index in [1.807, 2.05) is 55.5 Å². The third kappa shape index (κ3) is 4.95. The van der Waals surface area contributed by atoms with Gasteiger partial charge in [-0.2, -0.15) is 5.26 Å². The number of para-hydroxylation sites is 2. The van der Waals surface area contributed by atoms with Crippen LogP contribution in [-0.4, -0.2) is 40.5 Å². The van der Waals surface area contributed by atoms with Crippen molar-refractivity contribution in [1.29, 1.82) is 5.26 Å². The first kappa shape index (κ1) is 26.0. The van der Waals surface area contributed by atoms with E-state index >= 15 is 0 Å². The molecule has 1 aliphatic rings. The minimum absolute atomic E-state index is 0.575. The number of pyridine rings is 1. The molecule has 0 amide bonds. The molecule has 8 heteroatoms. The molecule has 5 nitrogen and oxygen atoms in total. The van der Waals surface area contributed by atoms with Crippen LogP contribution in [0.1, 0.15) is 27.8 Å². The van der Waals surface area contributed by atoms with Gasteiger partial charge in [0.1, 0.15) is 11.9 Å². The number of hydrogen-bond acceptors (Lipinski definition) is 4. The summed E-state index contributed by atoms with van der Waals surface area (Å²) in [6.45, 7) is 6.36. The van der Waals surface area contributed by atoms with E-state index in [9.17, 15) is 5.26 Å². The standard InChI is InChI=1S/C31H26Cl3N5/c1-20-24(16-21-6-9-23(32)10-7-21)31(39-29-5-3-2-4-28(29)36-30(39)25(20)18-35)38-14-12-37(13-15-38)19-22-8-11-26(33)27(34)17-22/h2-11,17H,12-16,19H2,1H3. The molecule has 0 saturated carbocycles. The normalized spacial score (nSPS) is 14.3. The molecule has 6 rings (SSSR count). The van der Waals surface area contributed by atoms with E-state index in [1.54, 1.807) is 0 Å². The zero-order valence-corrected chi connectivity index (χ0v) is 23.7. The number of piperazine rings is 1. The summed E-state index contributed by atoms with van der Waals surface area (Å²) in [4.78, 5) is 9.80. The monoisotopic (exact) mass is 573 g/mol. The maximum Gasteiger partial charge on any atom is 0.157 e. The highest BCUT2D eigenvalue weighted by Crippen LogP contribution is 2.35. The zero-order valence-electron chi connectivity index (χ0n) is 21.5. The zero-order chi connectivity index (χ0) is 27.1. The summed E-state index contributed by atoms with van der Waals surface area (Å²) in [7, 11) is 0. The summed E-state index contributed by atoms with van der Waals surface area (Å²) in [6.07, 6.45) is 0.693. The topological polar surface area (TPSA) is 47.6 Å². The van der Waals surface area contributed by atoms with Crippen LogP contribution in [0.5, 0.6) is 0 Å². The van der Waals surface area contributed by atoms with Gasteiger partial charge in [-0.15, -0.1) is 0 Å². The van der Waals surface area contributed by atoms with Gasteiger partial charge in [-0.3, -0.25) is 9.30 Å². The highest BCUT2D eigenvalue weighted by atomic mass is 35.5. The SMILES string of the molecule is Cc1c(Cc2ccc(Cl)cc2)c(N2CCN(Cc3ccc(Cl)c(Cl)c3)CC2)n2c(nc3ccccc32)c1C#N. The first-order chi connectivity index (χ1) is 18.9. The first-order valence-corrected chi connectivity index (χ1v) is 14.0. The van der Waals surface area contributed by atoms with E-state index in [-0.39, 0.29) is 0 Å². The number of hydrogen-bond donors (Lipinski definition) is 0. The van der Waals surface area contributed by atoms with Gasteiger partial charge in [0.15, 0.2) is 5.65 Å². The molecule has 3 heterocycles. The number of anilines is 1. The van der Waals surface area contributed by atoms with Crippen molar-refractivity contribution >= 4 is 57.3 Å². The van der Waals surface area contributed by atoms with Gasteiger partial charge in [0.05, 0.1) is 26.6 Å². The quantitative estimate of drug-likeness (QED) is 0.218. The van der Waals surface area contributed by atoms with Crippen molar-refractivity contribution in [2.45, 2.75) is 19.9 Å². The summed E-state index contributed by atoms with van der Waals surface area (Å²) < 4.78 is 2.20. The Morgan fingerprint density at radius 3 is 2.31 bits per heavy atom. The van der Waals surface area contributed by atoms with Crippen LogP contribution in [-0.2, 0) is 13.0 Å². The van der Waals surface area contributed by atoms with E-state index in [4.69, 9.17) is 39.8 Å². The van der Waals surface area contributed by atoms with Gasteiger partial charge in [-0.25, -0.2) is 4.98 Å². The number of rotatable bonds is 5. The summed E-state index contributed by atoms with van der Waals surface area (Å²) in [5.41, 5.74) is 7.65. The average molecular weight is 575 g/mol. The van der Waals surface area contributed by atoms with Crippen LogP contribution in [0.3, 0.4) is 0 Å². The van der Waals surface area contributed by atoms with Crippen molar-refractivity contribution in [2.24, 2.45) is 0 Å². The number of benzene rings is 3. The molecule has 0 N–H and O–H groups in total. The Labute approximate surface area is 242 Å². The van der Waals surface area contributed by atoms with Gasteiger partial charge in [-0.05, 0) is 60.0 Å². The van der Waals surface area contributed by atoms with Gasteiger partial charge >= 0.3 is 0 Å². The molecule has 0 aliphatic carbocycles. The highest BCUT2D eigenvalue weighted by molar-refractivity contribution is 6.42. The van der Waals surface area contributed by atoms with Gasteiger partial charge in [0.25, 0.3) is 0 Å². The predicted molar refractivity (Wildman–Crippen MR) is 160 cm³/mol. The summed E-state index contributed by atoms with van der Waals surface area (Å²) in [6, 6.07) is 24.4. The summed E-state index contributed by atoms with van der Waals surface area (Å²) in [5, 5.41) is 12.1. The molecule has 0 unspecified atom stereocenters. The molecule has 2 aromatic heterocycles. The van der Waals surface area contributed by atoms with Crippen LogP contribution in [0.4, 0.5) is 5.82 Å².